The molecule has 0 aromatic heterocycles. The van der Waals surface area contributed by atoms with E-state index in [1.54, 1.807) is 0 Å². The molecule has 0 bridgehead atoms. The van der Waals surface area contributed by atoms with Crippen molar-refractivity contribution in [3.8, 4) is 5.75 Å². The zero-order valence-electron chi connectivity index (χ0n) is 17.2. The van der Waals surface area contributed by atoms with Gasteiger partial charge in [0.1, 0.15) is 17.9 Å². The largest absolute Gasteiger partial charge is 0.487 e. The molecule has 3 rings (SSSR count). The standard InChI is InChI=1S/C21H24Cl2N2O4S/c1-13-5-8-19-15(9-13)18(11-21(2,3)29-19)24-20(26)12-25(30(4,27)28)14-6-7-16(22)17(23)10-14/h5-10,18H,11-12H2,1-4H3,(H,24,26). The van der Waals surface area contributed by atoms with E-state index in [1.807, 2.05) is 39.0 Å². The Hall–Kier alpha value is -1.96. The van der Waals surface area contributed by atoms with Gasteiger partial charge in [-0.3, -0.25) is 9.10 Å². The minimum absolute atomic E-state index is 0.207. The third-order valence-corrected chi connectivity index (χ3v) is 6.72. The fraction of sp³-hybridized carbons (Fsp3) is 0.381. The van der Waals surface area contributed by atoms with E-state index in [4.69, 9.17) is 27.9 Å². The van der Waals surface area contributed by atoms with Gasteiger partial charge in [0.05, 0.1) is 28.0 Å². The number of hydrogen-bond donors (Lipinski definition) is 1. The van der Waals surface area contributed by atoms with Gasteiger partial charge in [-0.2, -0.15) is 0 Å². The number of anilines is 1. The number of amides is 1. The Morgan fingerprint density at radius 2 is 1.90 bits per heavy atom. The summed E-state index contributed by atoms with van der Waals surface area (Å²) in [6.45, 7) is 5.49. The van der Waals surface area contributed by atoms with Crippen LogP contribution in [-0.4, -0.2) is 32.7 Å². The summed E-state index contributed by atoms with van der Waals surface area (Å²) in [7, 11) is -3.73. The van der Waals surface area contributed by atoms with Gasteiger partial charge in [0.25, 0.3) is 0 Å². The number of benzene rings is 2. The molecule has 1 heterocycles. The van der Waals surface area contributed by atoms with Crippen LogP contribution in [0.15, 0.2) is 36.4 Å². The van der Waals surface area contributed by atoms with E-state index in [9.17, 15) is 13.2 Å². The first-order valence-electron chi connectivity index (χ1n) is 9.37. The second-order valence-corrected chi connectivity index (χ2v) is 10.8. The van der Waals surface area contributed by atoms with E-state index in [-0.39, 0.29) is 23.3 Å². The molecule has 1 atom stereocenters. The molecule has 0 radical (unpaired) electrons. The highest BCUT2D eigenvalue weighted by Crippen LogP contribution is 2.40. The molecule has 2 aromatic carbocycles. The van der Waals surface area contributed by atoms with Gasteiger partial charge in [-0.1, -0.05) is 40.9 Å². The van der Waals surface area contributed by atoms with Crippen molar-refractivity contribution in [1.29, 1.82) is 0 Å². The van der Waals surface area contributed by atoms with Crippen LogP contribution < -0.4 is 14.4 Å². The van der Waals surface area contributed by atoms with Gasteiger partial charge in [0.15, 0.2) is 0 Å². The van der Waals surface area contributed by atoms with Gasteiger partial charge in [0, 0.05) is 12.0 Å². The Labute approximate surface area is 187 Å². The van der Waals surface area contributed by atoms with Gasteiger partial charge < -0.3 is 10.1 Å². The van der Waals surface area contributed by atoms with E-state index in [2.05, 4.69) is 5.32 Å². The molecule has 6 nitrogen and oxygen atoms in total. The van der Waals surface area contributed by atoms with E-state index >= 15 is 0 Å². The van der Waals surface area contributed by atoms with Crippen molar-refractivity contribution in [1.82, 2.24) is 5.32 Å². The van der Waals surface area contributed by atoms with E-state index < -0.39 is 21.5 Å². The lowest BCUT2D eigenvalue weighted by Crippen LogP contribution is -2.45. The lowest BCUT2D eigenvalue weighted by atomic mass is 9.89. The summed E-state index contributed by atoms with van der Waals surface area (Å²) < 4.78 is 31.7. The van der Waals surface area contributed by atoms with Crippen molar-refractivity contribution in [2.24, 2.45) is 0 Å². The maximum Gasteiger partial charge on any atom is 0.241 e. The van der Waals surface area contributed by atoms with E-state index in [0.29, 0.717) is 17.2 Å². The molecule has 0 fully saturated rings. The summed E-state index contributed by atoms with van der Waals surface area (Å²) in [6, 6.07) is 9.95. The molecule has 1 unspecified atom stereocenters. The van der Waals surface area contributed by atoms with Crippen molar-refractivity contribution in [2.45, 2.75) is 38.8 Å². The van der Waals surface area contributed by atoms with E-state index in [0.717, 1.165) is 21.7 Å². The third kappa shape index (κ3) is 5.20. The Morgan fingerprint density at radius 1 is 1.20 bits per heavy atom. The number of ether oxygens (including phenoxy) is 1. The molecule has 0 aliphatic carbocycles. The van der Waals surface area contributed by atoms with Crippen LogP contribution in [0.4, 0.5) is 5.69 Å². The van der Waals surface area contributed by atoms with E-state index in [1.165, 1.54) is 18.2 Å². The summed E-state index contributed by atoms with van der Waals surface area (Å²) in [6.07, 6.45) is 1.60. The molecule has 2 aromatic rings. The minimum Gasteiger partial charge on any atom is -0.487 e. The molecule has 1 N–H and O–H groups in total. The van der Waals surface area contributed by atoms with Crippen LogP contribution in [0.5, 0.6) is 5.75 Å². The van der Waals surface area contributed by atoms with Gasteiger partial charge in [0.2, 0.25) is 15.9 Å². The highest BCUT2D eigenvalue weighted by Gasteiger charge is 2.35. The highest BCUT2D eigenvalue weighted by atomic mass is 35.5. The number of aryl methyl sites for hydroxylation is 1. The first-order chi connectivity index (χ1) is 13.9. The number of nitrogens with zero attached hydrogens (tertiary/aromatic N) is 1. The lowest BCUT2D eigenvalue weighted by molar-refractivity contribution is -0.120. The third-order valence-electron chi connectivity index (χ3n) is 4.84. The van der Waals surface area contributed by atoms with Crippen LogP contribution >= 0.6 is 23.2 Å². The summed E-state index contributed by atoms with van der Waals surface area (Å²) in [4.78, 5) is 12.9. The molecule has 0 saturated carbocycles. The van der Waals surface area contributed by atoms with Crippen molar-refractivity contribution in [3.05, 3.63) is 57.6 Å². The van der Waals surface area contributed by atoms with Crippen LogP contribution in [0.25, 0.3) is 0 Å². The Bertz CT molecular complexity index is 1090. The number of hydrogen-bond acceptors (Lipinski definition) is 4. The van der Waals surface area contributed by atoms with Crippen LogP contribution in [0, 0.1) is 6.92 Å². The summed E-state index contributed by atoms with van der Waals surface area (Å²) in [5.41, 5.74) is 1.72. The monoisotopic (exact) mass is 470 g/mol. The topological polar surface area (TPSA) is 75.7 Å². The van der Waals surface area contributed by atoms with Crippen molar-refractivity contribution in [2.75, 3.05) is 17.1 Å². The number of rotatable bonds is 5. The highest BCUT2D eigenvalue weighted by molar-refractivity contribution is 7.92. The Kier molecular flexibility index (Phi) is 6.28. The van der Waals surface area contributed by atoms with Crippen LogP contribution in [-0.2, 0) is 14.8 Å². The lowest BCUT2D eigenvalue weighted by Gasteiger charge is -2.38. The van der Waals surface area contributed by atoms with Crippen LogP contribution in [0.3, 0.4) is 0 Å². The molecule has 0 spiro atoms. The molecule has 1 aliphatic heterocycles. The van der Waals surface area contributed by atoms with Crippen LogP contribution in [0.1, 0.15) is 37.4 Å². The Morgan fingerprint density at radius 3 is 2.53 bits per heavy atom. The normalized spacial score (nSPS) is 17.6. The molecular formula is C21H24Cl2N2O4S. The second kappa shape index (κ2) is 8.29. The first-order valence-corrected chi connectivity index (χ1v) is 12.0. The summed E-state index contributed by atoms with van der Waals surface area (Å²) >= 11 is 12.0. The molecule has 1 aliphatic rings. The molecule has 0 saturated heterocycles. The van der Waals surface area contributed by atoms with Gasteiger partial charge in [-0.15, -0.1) is 0 Å². The summed E-state index contributed by atoms with van der Waals surface area (Å²) in [5.74, 6) is 0.285. The minimum atomic E-state index is -3.73. The number of fused-ring (bicyclic) bond motifs is 1. The van der Waals surface area contributed by atoms with Gasteiger partial charge in [-0.05, 0) is 45.0 Å². The number of carbonyl (C=O) groups is 1. The van der Waals surface area contributed by atoms with Crippen molar-refractivity contribution >= 4 is 44.8 Å². The second-order valence-electron chi connectivity index (χ2n) is 8.10. The zero-order chi connectivity index (χ0) is 22.3. The zero-order valence-corrected chi connectivity index (χ0v) is 19.5. The fourth-order valence-corrected chi connectivity index (χ4v) is 4.65. The van der Waals surface area contributed by atoms with Gasteiger partial charge >= 0.3 is 0 Å². The number of sulfonamides is 1. The Balaban J connectivity index is 1.86. The van der Waals surface area contributed by atoms with Gasteiger partial charge in [-0.25, -0.2) is 8.42 Å². The molecular weight excluding hydrogens is 447 g/mol. The molecule has 30 heavy (non-hydrogen) atoms. The summed E-state index contributed by atoms with van der Waals surface area (Å²) in [5, 5.41) is 3.48. The SMILES string of the molecule is Cc1ccc2c(c1)C(NC(=O)CN(c1ccc(Cl)c(Cl)c1)S(C)(=O)=O)CC(C)(C)O2. The predicted molar refractivity (Wildman–Crippen MR) is 120 cm³/mol. The predicted octanol–water partition coefficient (Wildman–Crippen LogP) is 4.49. The quantitative estimate of drug-likeness (QED) is 0.698. The average molecular weight is 471 g/mol. The smallest absolute Gasteiger partial charge is 0.241 e. The molecule has 162 valence electrons. The number of nitrogens with one attached hydrogen (secondary N) is 1. The van der Waals surface area contributed by atoms with Crippen molar-refractivity contribution < 1.29 is 17.9 Å². The number of halogens is 2. The fourth-order valence-electron chi connectivity index (χ4n) is 3.51. The van der Waals surface area contributed by atoms with Crippen LogP contribution in [0.2, 0.25) is 10.0 Å². The molecule has 9 heteroatoms. The van der Waals surface area contributed by atoms with Crippen molar-refractivity contribution in [3.63, 3.8) is 0 Å². The maximum atomic E-state index is 12.9. The number of carbonyl (C=O) groups excluding carboxylic acids is 1. The molecule has 1 amide bonds. The first kappa shape index (κ1) is 22.7. The average Bonchev–Trinajstić information content (AvgIpc) is 2.61. The maximum absolute atomic E-state index is 12.9.